The van der Waals surface area contributed by atoms with Crippen molar-refractivity contribution in [2.24, 2.45) is 22.4 Å². The Hall–Kier alpha value is -3.59. The lowest BCUT2D eigenvalue weighted by Gasteiger charge is -2.43. The normalized spacial score (nSPS) is 19.4. The summed E-state index contributed by atoms with van der Waals surface area (Å²) in [6.07, 6.45) is 3.40. The molecule has 0 fully saturated rings. The molecule has 224 valence electrons. The Bertz CT molecular complexity index is 1250. The second-order valence-corrected chi connectivity index (χ2v) is 11.7. The van der Waals surface area contributed by atoms with Crippen molar-refractivity contribution < 1.29 is 23.8 Å². The molecule has 3 aliphatic rings. The van der Waals surface area contributed by atoms with Crippen LogP contribution < -0.4 is 20.9 Å². The van der Waals surface area contributed by atoms with E-state index >= 15 is 0 Å². The van der Waals surface area contributed by atoms with Crippen LogP contribution in [0.25, 0.3) is 0 Å². The molecule has 4 N–H and O–H groups in total. The number of carbonyl (C=O) groups excluding carboxylic acids is 2. The third kappa shape index (κ3) is 7.79. The molecule has 2 aromatic rings. The molecule has 3 heterocycles. The first-order chi connectivity index (χ1) is 19.3. The van der Waals surface area contributed by atoms with Crippen molar-refractivity contribution in [3.63, 3.8) is 0 Å². The number of fused-ring (bicyclic) bond motifs is 2. The van der Waals surface area contributed by atoms with Crippen LogP contribution in [-0.4, -0.2) is 47.5 Å². The minimum Gasteiger partial charge on any atom is -0.488 e. The van der Waals surface area contributed by atoms with Crippen LogP contribution in [0.4, 0.5) is 0 Å². The zero-order valence-electron chi connectivity index (χ0n) is 25.5. The van der Waals surface area contributed by atoms with Gasteiger partial charge < -0.3 is 25.7 Å². The van der Waals surface area contributed by atoms with Crippen molar-refractivity contribution in [2.75, 3.05) is 13.7 Å². The Morgan fingerprint density at radius 1 is 1.15 bits per heavy atom. The first kappa shape index (κ1) is 31.9. The highest BCUT2D eigenvalue weighted by atomic mass is 16.5. The fraction of sp³-hybridized carbons (Fsp3) is 0.531. The highest BCUT2D eigenvalue weighted by Gasteiger charge is 2.45. The maximum absolute atomic E-state index is 12.6. The summed E-state index contributed by atoms with van der Waals surface area (Å²) in [6.45, 7) is 13.4. The van der Waals surface area contributed by atoms with E-state index in [4.69, 9.17) is 25.7 Å². The molecular weight excluding hydrogens is 520 g/mol. The number of nitrogens with zero attached hydrogens (tertiary/aromatic N) is 2. The monoisotopic (exact) mass is 566 g/mol. The molecule has 2 aromatic carbocycles. The summed E-state index contributed by atoms with van der Waals surface area (Å²) in [5.74, 6) is 1.86. The van der Waals surface area contributed by atoms with Crippen molar-refractivity contribution >= 4 is 17.8 Å². The lowest BCUT2D eigenvalue weighted by Crippen LogP contribution is -2.55. The first-order valence-electron chi connectivity index (χ1n) is 14.4. The number of guanidine groups is 1. The number of primary amides is 1. The number of aliphatic imine (C=N–C) groups is 1. The van der Waals surface area contributed by atoms with E-state index in [0.717, 1.165) is 38.0 Å². The van der Waals surface area contributed by atoms with E-state index in [1.807, 2.05) is 19.9 Å². The third-order valence-corrected chi connectivity index (χ3v) is 7.55. The number of hydrogen-bond acceptors (Lipinski definition) is 7. The van der Waals surface area contributed by atoms with E-state index in [1.54, 1.807) is 25.3 Å². The zero-order valence-corrected chi connectivity index (χ0v) is 25.5. The number of nitrogens with two attached hydrogens (primary N) is 2. The SMILES string of the molecule is CC1(C)CCc2ccccc2O1.CCC1(CC)CC(=O)N(C2Oc3ccc(C(N)=O)cc32)C(N)=N1.COCC(C)C. The Labute approximate surface area is 244 Å². The summed E-state index contributed by atoms with van der Waals surface area (Å²) in [6, 6.07) is 13.2. The second kappa shape index (κ2) is 13.4. The average molecular weight is 567 g/mol. The van der Waals surface area contributed by atoms with Crippen molar-refractivity contribution in [3.05, 3.63) is 59.2 Å². The molecule has 0 saturated carbocycles. The van der Waals surface area contributed by atoms with Gasteiger partial charge in [0.25, 0.3) is 0 Å². The molecular formula is C32H46N4O5. The van der Waals surface area contributed by atoms with Crippen LogP contribution in [0, 0.1) is 5.92 Å². The van der Waals surface area contributed by atoms with Crippen LogP contribution in [0.5, 0.6) is 11.5 Å². The summed E-state index contributed by atoms with van der Waals surface area (Å²) in [7, 11) is 1.72. The van der Waals surface area contributed by atoms with E-state index < -0.39 is 17.7 Å². The van der Waals surface area contributed by atoms with Gasteiger partial charge in [-0.2, -0.15) is 0 Å². The average Bonchev–Trinajstić information content (AvgIpc) is 2.90. The molecule has 9 heteroatoms. The molecule has 0 spiro atoms. The highest BCUT2D eigenvalue weighted by molar-refractivity contribution is 6.00. The molecule has 41 heavy (non-hydrogen) atoms. The Kier molecular flexibility index (Phi) is 10.4. The maximum atomic E-state index is 12.6. The van der Waals surface area contributed by atoms with Crippen molar-refractivity contribution in [2.45, 2.75) is 91.0 Å². The van der Waals surface area contributed by atoms with Crippen LogP contribution in [0.2, 0.25) is 0 Å². The number of ether oxygens (including phenoxy) is 3. The van der Waals surface area contributed by atoms with E-state index in [9.17, 15) is 9.59 Å². The van der Waals surface area contributed by atoms with Crippen LogP contribution in [-0.2, 0) is 16.0 Å². The summed E-state index contributed by atoms with van der Waals surface area (Å²) in [5.41, 5.74) is 13.4. The van der Waals surface area contributed by atoms with Gasteiger partial charge >= 0.3 is 0 Å². The molecule has 0 bridgehead atoms. The fourth-order valence-electron chi connectivity index (χ4n) is 4.99. The number of rotatable bonds is 6. The predicted molar refractivity (Wildman–Crippen MR) is 161 cm³/mol. The zero-order chi connectivity index (χ0) is 30.4. The Balaban J connectivity index is 0.000000213. The van der Waals surface area contributed by atoms with Gasteiger partial charge in [0.15, 0.2) is 0 Å². The lowest BCUT2D eigenvalue weighted by molar-refractivity contribution is -0.138. The molecule has 0 aromatic heterocycles. The van der Waals surface area contributed by atoms with Crippen LogP contribution in [0.3, 0.4) is 0 Å². The lowest BCUT2D eigenvalue weighted by atomic mass is 9.87. The van der Waals surface area contributed by atoms with Gasteiger partial charge in [0.05, 0.1) is 17.5 Å². The minimum atomic E-state index is -0.646. The topological polar surface area (TPSA) is 129 Å². The summed E-state index contributed by atoms with van der Waals surface area (Å²) in [4.78, 5) is 29.8. The van der Waals surface area contributed by atoms with Gasteiger partial charge in [-0.3, -0.25) is 9.59 Å². The first-order valence-corrected chi connectivity index (χ1v) is 14.4. The van der Waals surface area contributed by atoms with Gasteiger partial charge in [-0.1, -0.05) is 45.9 Å². The summed E-state index contributed by atoms with van der Waals surface area (Å²) < 4.78 is 16.2. The van der Waals surface area contributed by atoms with Crippen molar-refractivity contribution in [1.82, 2.24) is 4.90 Å². The summed E-state index contributed by atoms with van der Waals surface area (Å²) >= 11 is 0. The molecule has 0 radical (unpaired) electrons. The predicted octanol–water partition coefficient (Wildman–Crippen LogP) is 5.36. The minimum absolute atomic E-state index is 0.0222. The van der Waals surface area contributed by atoms with Gasteiger partial charge in [-0.25, -0.2) is 9.89 Å². The Morgan fingerprint density at radius 3 is 2.39 bits per heavy atom. The highest BCUT2D eigenvalue weighted by Crippen LogP contribution is 2.43. The molecule has 9 nitrogen and oxygen atoms in total. The number of benzene rings is 2. The molecule has 0 aliphatic carbocycles. The van der Waals surface area contributed by atoms with Gasteiger partial charge in [0, 0.05) is 19.3 Å². The number of amides is 2. The molecule has 5 rings (SSSR count). The van der Waals surface area contributed by atoms with Gasteiger partial charge in [0.1, 0.15) is 17.1 Å². The smallest absolute Gasteiger partial charge is 0.248 e. The quantitative estimate of drug-likeness (QED) is 0.484. The maximum Gasteiger partial charge on any atom is 0.248 e. The van der Waals surface area contributed by atoms with E-state index in [-0.39, 0.29) is 17.5 Å². The number of hydrogen-bond donors (Lipinski definition) is 2. The summed E-state index contributed by atoms with van der Waals surface area (Å²) in [5, 5.41) is 0. The Morgan fingerprint density at radius 2 is 1.83 bits per heavy atom. The van der Waals surface area contributed by atoms with Crippen molar-refractivity contribution in [1.29, 1.82) is 0 Å². The fourth-order valence-corrected chi connectivity index (χ4v) is 4.99. The molecule has 1 unspecified atom stereocenters. The van der Waals surface area contributed by atoms with E-state index in [1.165, 1.54) is 10.5 Å². The van der Waals surface area contributed by atoms with Gasteiger partial charge in [-0.15, -0.1) is 0 Å². The van der Waals surface area contributed by atoms with Gasteiger partial charge in [0.2, 0.25) is 24.0 Å². The third-order valence-electron chi connectivity index (χ3n) is 7.55. The molecule has 2 amide bonds. The molecule has 0 saturated heterocycles. The number of aryl methyl sites for hydroxylation is 1. The van der Waals surface area contributed by atoms with Crippen LogP contribution >= 0.6 is 0 Å². The van der Waals surface area contributed by atoms with Crippen molar-refractivity contribution in [3.8, 4) is 11.5 Å². The standard InChI is InChI=1S/C16H20N4O3.C11H14O.C5H12O/c1-3-16(4-2)8-12(21)20(15(18)19-16)14-10-7-9(13(17)22)5-6-11(10)23-14;1-11(2)8-7-9-5-3-4-6-10(9)12-11;1-5(2)4-6-3/h5-7,14H,3-4,8H2,1-2H3,(H2,17,22)(H2,18,19);3-6H,7-8H2,1-2H3;5H,4H2,1-3H3. The van der Waals surface area contributed by atoms with Crippen LogP contribution in [0.1, 0.15) is 94.9 Å². The number of carbonyl (C=O) groups is 2. The molecule has 1 atom stereocenters. The van der Waals surface area contributed by atoms with E-state index in [0.29, 0.717) is 29.2 Å². The second-order valence-electron chi connectivity index (χ2n) is 11.7. The number of para-hydroxylation sites is 1. The van der Waals surface area contributed by atoms with Crippen LogP contribution in [0.15, 0.2) is 47.5 Å². The number of methoxy groups -OCH3 is 1. The van der Waals surface area contributed by atoms with Gasteiger partial charge in [-0.05, 0) is 75.3 Å². The van der Waals surface area contributed by atoms with E-state index in [2.05, 4.69) is 50.9 Å². The molecule has 3 aliphatic heterocycles. The largest absolute Gasteiger partial charge is 0.488 e.